The maximum absolute atomic E-state index is 9.34. The summed E-state index contributed by atoms with van der Waals surface area (Å²) in [6.07, 6.45) is -4.03. The Morgan fingerprint density at radius 1 is 0.684 bits per heavy atom. The fraction of sp³-hybridized carbons (Fsp3) is 0.667. The fourth-order valence-electron chi connectivity index (χ4n) is 0. The van der Waals surface area contributed by atoms with Crippen LogP contribution in [0, 0.1) is 0 Å². The SMILES string of the molecule is CC(O)C(=O)[O-].CC(O)C(=O)[O-].CC(O)C(=O)[O-].[Co+3]. The van der Waals surface area contributed by atoms with E-state index < -0.39 is 36.2 Å². The number of carboxylic acid groups (broad SMARTS) is 3. The number of aliphatic carboxylic acids is 3. The number of hydrogen-bond acceptors (Lipinski definition) is 9. The quantitative estimate of drug-likeness (QED) is 0.455. The molecule has 0 aliphatic rings. The van der Waals surface area contributed by atoms with Crippen LogP contribution in [0.4, 0.5) is 0 Å². The first kappa shape index (κ1) is 26.4. The summed E-state index contributed by atoms with van der Waals surface area (Å²) < 4.78 is 0. The molecule has 3 N–H and O–H groups in total. The molecule has 3 unspecified atom stereocenters. The molecule has 0 aliphatic carbocycles. The zero-order chi connectivity index (χ0) is 15.5. The number of aliphatic hydroxyl groups is 3. The van der Waals surface area contributed by atoms with Gasteiger partial charge in [0.1, 0.15) is 0 Å². The maximum atomic E-state index is 9.34. The molecular formula is C9H15CoO9. The van der Waals surface area contributed by atoms with Gasteiger partial charge in [-0.25, -0.2) is 0 Å². The zero-order valence-corrected chi connectivity index (χ0v) is 11.4. The van der Waals surface area contributed by atoms with Crippen LogP contribution in [0.3, 0.4) is 0 Å². The number of rotatable bonds is 3. The van der Waals surface area contributed by atoms with Gasteiger partial charge in [-0.3, -0.25) is 0 Å². The minimum Gasteiger partial charge on any atom is -0.547 e. The van der Waals surface area contributed by atoms with Crippen LogP contribution in [0.5, 0.6) is 0 Å². The normalized spacial score (nSPS) is 12.9. The van der Waals surface area contributed by atoms with Gasteiger partial charge in [-0.2, -0.15) is 0 Å². The fourth-order valence-corrected chi connectivity index (χ4v) is 0. The van der Waals surface area contributed by atoms with Crippen molar-refractivity contribution < 1.29 is 61.8 Å². The molecule has 3 atom stereocenters. The first-order chi connectivity index (χ1) is 7.93. The minimum absolute atomic E-state index is 0. The molecule has 0 amide bonds. The summed E-state index contributed by atoms with van der Waals surface area (Å²) in [5, 5.41) is 51.9. The van der Waals surface area contributed by atoms with Crippen molar-refractivity contribution in [2.45, 2.75) is 39.1 Å². The van der Waals surface area contributed by atoms with E-state index >= 15 is 0 Å². The van der Waals surface area contributed by atoms with Gasteiger partial charge < -0.3 is 45.0 Å². The van der Waals surface area contributed by atoms with E-state index in [1.807, 2.05) is 0 Å². The van der Waals surface area contributed by atoms with Crippen molar-refractivity contribution in [3.05, 3.63) is 0 Å². The Hall–Kier alpha value is -1.20. The van der Waals surface area contributed by atoms with Crippen molar-refractivity contribution >= 4 is 17.9 Å². The van der Waals surface area contributed by atoms with Gasteiger partial charge in [0.15, 0.2) is 0 Å². The Kier molecular flexibility index (Phi) is 20.6. The molecule has 0 radical (unpaired) electrons. The van der Waals surface area contributed by atoms with Crippen LogP contribution in [-0.4, -0.2) is 51.5 Å². The monoisotopic (exact) mass is 326 g/mol. The van der Waals surface area contributed by atoms with Crippen molar-refractivity contribution in [3.8, 4) is 0 Å². The average Bonchev–Trinajstić information content (AvgIpc) is 2.18. The predicted molar refractivity (Wildman–Crippen MR) is 50.1 cm³/mol. The molecule has 0 aromatic carbocycles. The predicted octanol–water partition coefficient (Wildman–Crippen LogP) is -5.65. The summed E-state index contributed by atoms with van der Waals surface area (Å²) in [5.41, 5.74) is 0. The molecule has 19 heavy (non-hydrogen) atoms. The summed E-state index contributed by atoms with van der Waals surface area (Å²) in [4.78, 5) is 28.0. The number of carbonyl (C=O) groups excluding carboxylic acids is 3. The summed E-state index contributed by atoms with van der Waals surface area (Å²) in [6.45, 7) is 3.40. The standard InChI is InChI=1S/3C3H6O3.Co/c3*1-2(4)3(5)6;/h3*2,4H,1H3,(H,5,6);/q;;;+3/p-3. The molecule has 0 saturated heterocycles. The summed E-state index contributed by atoms with van der Waals surface area (Å²) >= 11 is 0. The first-order valence-electron chi connectivity index (χ1n) is 4.60. The van der Waals surface area contributed by atoms with E-state index in [0.29, 0.717) is 0 Å². The van der Waals surface area contributed by atoms with E-state index in [1.165, 1.54) is 0 Å². The number of hydrogen-bond donors (Lipinski definition) is 3. The van der Waals surface area contributed by atoms with E-state index in [9.17, 15) is 29.7 Å². The Balaban J connectivity index is -0.0000000865. The molecule has 0 bridgehead atoms. The third kappa shape index (κ3) is 31.5. The number of carbonyl (C=O) groups is 3. The van der Waals surface area contributed by atoms with Crippen molar-refractivity contribution in [2.24, 2.45) is 0 Å². The van der Waals surface area contributed by atoms with Gasteiger partial charge in [-0.1, -0.05) is 0 Å². The van der Waals surface area contributed by atoms with Crippen molar-refractivity contribution in [1.82, 2.24) is 0 Å². The van der Waals surface area contributed by atoms with Crippen molar-refractivity contribution in [2.75, 3.05) is 0 Å². The second-order valence-corrected chi connectivity index (χ2v) is 2.99. The van der Waals surface area contributed by atoms with Crippen LogP contribution in [0.1, 0.15) is 20.8 Å². The Morgan fingerprint density at radius 2 is 0.737 bits per heavy atom. The molecule has 0 aromatic heterocycles. The van der Waals surface area contributed by atoms with Gasteiger partial charge in [-0.15, -0.1) is 0 Å². The molecular weight excluding hydrogens is 311 g/mol. The Labute approximate surface area is 119 Å². The topological polar surface area (TPSA) is 181 Å². The molecule has 10 heteroatoms. The average molecular weight is 326 g/mol. The molecule has 0 fully saturated rings. The summed E-state index contributed by atoms with van der Waals surface area (Å²) in [7, 11) is 0. The Morgan fingerprint density at radius 3 is 0.737 bits per heavy atom. The number of carboxylic acids is 3. The zero-order valence-electron chi connectivity index (χ0n) is 10.4. The van der Waals surface area contributed by atoms with Crippen LogP contribution >= 0.6 is 0 Å². The molecule has 0 heterocycles. The van der Waals surface area contributed by atoms with E-state index in [2.05, 4.69) is 0 Å². The molecule has 0 aliphatic heterocycles. The summed E-state index contributed by atoms with van der Waals surface area (Å²) in [5.74, 6) is -4.31. The van der Waals surface area contributed by atoms with Gasteiger partial charge in [0.05, 0.1) is 36.2 Å². The molecule has 114 valence electrons. The third-order valence-electron chi connectivity index (χ3n) is 1.02. The van der Waals surface area contributed by atoms with E-state index in [0.717, 1.165) is 20.8 Å². The molecule has 0 saturated carbocycles. The molecule has 0 aromatic rings. The van der Waals surface area contributed by atoms with Gasteiger partial charge in [0.2, 0.25) is 0 Å². The summed E-state index contributed by atoms with van der Waals surface area (Å²) in [6, 6.07) is 0. The second kappa shape index (κ2) is 14.9. The van der Waals surface area contributed by atoms with Gasteiger partial charge in [-0.05, 0) is 20.8 Å². The van der Waals surface area contributed by atoms with Crippen LogP contribution in [0.15, 0.2) is 0 Å². The first-order valence-corrected chi connectivity index (χ1v) is 4.60. The van der Waals surface area contributed by atoms with Gasteiger partial charge in [0, 0.05) is 0 Å². The molecule has 0 spiro atoms. The van der Waals surface area contributed by atoms with Gasteiger partial charge in [0.25, 0.3) is 0 Å². The van der Waals surface area contributed by atoms with E-state index in [1.54, 1.807) is 0 Å². The van der Waals surface area contributed by atoms with Crippen LogP contribution in [0.2, 0.25) is 0 Å². The second-order valence-electron chi connectivity index (χ2n) is 2.99. The maximum Gasteiger partial charge on any atom is 3.00 e. The Bertz CT molecular complexity index is 220. The third-order valence-corrected chi connectivity index (χ3v) is 1.02. The van der Waals surface area contributed by atoms with E-state index in [-0.39, 0.29) is 16.8 Å². The van der Waals surface area contributed by atoms with E-state index in [4.69, 9.17) is 15.3 Å². The van der Waals surface area contributed by atoms with Crippen LogP contribution in [-0.2, 0) is 31.2 Å². The van der Waals surface area contributed by atoms with Crippen LogP contribution in [0.25, 0.3) is 0 Å². The number of aliphatic hydroxyl groups excluding tert-OH is 3. The van der Waals surface area contributed by atoms with Crippen LogP contribution < -0.4 is 15.3 Å². The smallest absolute Gasteiger partial charge is 0.547 e. The van der Waals surface area contributed by atoms with Gasteiger partial charge >= 0.3 is 16.8 Å². The van der Waals surface area contributed by atoms with Crippen molar-refractivity contribution in [3.63, 3.8) is 0 Å². The molecule has 0 rings (SSSR count). The molecule has 9 nitrogen and oxygen atoms in total. The largest absolute Gasteiger partial charge is 3.00 e. The minimum atomic E-state index is -1.44. The van der Waals surface area contributed by atoms with Crippen molar-refractivity contribution in [1.29, 1.82) is 0 Å².